The molecule has 4 heteroatoms. The summed E-state index contributed by atoms with van der Waals surface area (Å²) in [6, 6.07) is 7.99. The minimum Gasteiger partial charge on any atom is -0.375 e. The third kappa shape index (κ3) is 2.86. The molecule has 2 fully saturated rings. The van der Waals surface area contributed by atoms with Gasteiger partial charge in [-0.25, -0.2) is 0 Å². The number of hydrogen-bond donors (Lipinski definition) is 1. The number of ether oxygens (including phenoxy) is 1. The normalized spacial score (nSPS) is 33.0. The maximum atomic E-state index is 12.4. The van der Waals surface area contributed by atoms with E-state index in [9.17, 15) is 9.59 Å². The molecule has 2 saturated heterocycles. The van der Waals surface area contributed by atoms with Crippen LogP contribution >= 0.6 is 0 Å². The molecule has 2 aliphatic rings. The molecular weight excluding hydrogens is 266 g/mol. The maximum Gasteiger partial charge on any atom is 0.234 e. The van der Waals surface area contributed by atoms with Gasteiger partial charge >= 0.3 is 0 Å². The quantitative estimate of drug-likeness (QED) is 0.849. The van der Waals surface area contributed by atoms with Crippen molar-refractivity contribution < 1.29 is 14.3 Å². The van der Waals surface area contributed by atoms with Crippen LogP contribution in [0.1, 0.15) is 43.2 Å². The lowest BCUT2D eigenvalue weighted by atomic mass is 9.76. The number of benzene rings is 1. The number of nitrogens with one attached hydrogen (secondary N) is 1. The van der Waals surface area contributed by atoms with Gasteiger partial charge in [-0.15, -0.1) is 0 Å². The second-order valence-corrected chi connectivity index (χ2v) is 6.23. The van der Waals surface area contributed by atoms with Gasteiger partial charge in [-0.2, -0.15) is 0 Å². The van der Waals surface area contributed by atoms with Crippen LogP contribution < -0.4 is 5.32 Å². The third-order valence-electron chi connectivity index (χ3n) is 4.57. The summed E-state index contributed by atoms with van der Waals surface area (Å²) in [5.74, 6) is -0.725. The molecule has 3 rings (SSSR count). The third-order valence-corrected chi connectivity index (χ3v) is 4.57. The smallest absolute Gasteiger partial charge is 0.234 e. The zero-order valence-electron chi connectivity index (χ0n) is 12.5. The van der Waals surface area contributed by atoms with E-state index in [1.54, 1.807) is 0 Å². The monoisotopic (exact) mass is 287 g/mol. The number of carbonyl (C=O) groups excluding carboxylic acids is 2. The van der Waals surface area contributed by atoms with E-state index in [0.29, 0.717) is 6.42 Å². The Morgan fingerprint density at radius 2 is 1.86 bits per heavy atom. The second kappa shape index (κ2) is 5.60. The largest absolute Gasteiger partial charge is 0.375 e. The van der Waals surface area contributed by atoms with Crippen LogP contribution in [0.5, 0.6) is 0 Å². The highest BCUT2D eigenvalue weighted by molar-refractivity contribution is 6.01. The summed E-state index contributed by atoms with van der Waals surface area (Å²) >= 11 is 0. The fourth-order valence-electron chi connectivity index (χ4n) is 3.46. The van der Waals surface area contributed by atoms with E-state index >= 15 is 0 Å². The predicted molar refractivity (Wildman–Crippen MR) is 78.7 cm³/mol. The topological polar surface area (TPSA) is 55.4 Å². The maximum absolute atomic E-state index is 12.4. The van der Waals surface area contributed by atoms with E-state index in [4.69, 9.17) is 4.74 Å². The van der Waals surface area contributed by atoms with Crippen molar-refractivity contribution in [3.63, 3.8) is 0 Å². The number of carbonyl (C=O) groups is 2. The second-order valence-electron chi connectivity index (χ2n) is 6.23. The van der Waals surface area contributed by atoms with E-state index in [2.05, 4.69) is 5.32 Å². The summed E-state index contributed by atoms with van der Waals surface area (Å²) in [6.07, 6.45) is 2.50. The minimum atomic E-state index is -0.293. The lowest BCUT2D eigenvalue weighted by molar-refractivity contribution is -0.139. The summed E-state index contributed by atoms with van der Waals surface area (Å²) in [7, 11) is 0. The standard InChI is InChI=1S/C17H21NO3/c1-10-3-6-12(7-4-10)16-13(9-15(19)18-17(16)20)14-8-5-11(2)21-14/h3-4,6-7,11,13-14,16H,5,8-9H2,1-2H3,(H,18,19,20). The Bertz CT molecular complexity index is 552. The molecule has 2 aliphatic heterocycles. The van der Waals surface area contributed by atoms with Gasteiger partial charge in [0.15, 0.2) is 0 Å². The van der Waals surface area contributed by atoms with Crippen LogP contribution in [0.25, 0.3) is 0 Å². The molecule has 21 heavy (non-hydrogen) atoms. The van der Waals surface area contributed by atoms with Crippen molar-refractivity contribution in [1.82, 2.24) is 5.32 Å². The van der Waals surface area contributed by atoms with Crippen molar-refractivity contribution in [2.45, 2.75) is 51.2 Å². The highest BCUT2D eigenvalue weighted by Gasteiger charge is 2.43. The van der Waals surface area contributed by atoms with Crippen molar-refractivity contribution in [3.8, 4) is 0 Å². The molecular formula is C17H21NO3. The number of imide groups is 1. The molecule has 0 spiro atoms. The van der Waals surface area contributed by atoms with Crippen LogP contribution in [0.4, 0.5) is 0 Å². The van der Waals surface area contributed by atoms with Gasteiger partial charge in [-0.3, -0.25) is 14.9 Å². The summed E-state index contributed by atoms with van der Waals surface area (Å²) in [5, 5.41) is 2.47. The molecule has 4 unspecified atom stereocenters. The molecule has 0 aromatic heterocycles. The molecule has 2 amide bonds. The number of piperidine rings is 1. The van der Waals surface area contributed by atoms with Crippen LogP contribution in [-0.2, 0) is 14.3 Å². The Hall–Kier alpha value is -1.68. The van der Waals surface area contributed by atoms with Crippen LogP contribution in [0.15, 0.2) is 24.3 Å². The number of rotatable bonds is 2. The first-order valence-corrected chi connectivity index (χ1v) is 7.60. The summed E-state index contributed by atoms with van der Waals surface area (Å²) in [6.45, 7) is 4.07. The molecule has 0 radical (unpaired) electrons. The molecule has 4 nitrogen and oxygen atoms in total. The average Bonchev–Trinajstić information content (AvgIpc) is 2.86. The predicted octanol–water partition coefficient (Wildman–Crippen LogP) is 2.31. The lowest BCUT2D eigenvalue weighted by Gasteiger charge is -2.34. The SMILES string of the molecule is Cc1ccc(C2C(=O)NC(=O)CC2C2CCC(C)O2)cc1. The van der Waals surface area contributed by atoms with Crippen molar-refractivity contribution >= 4 is 11.8 Å². The van der Waals surface area contributed by atoms with E-state index in [1.165, 1.54) is 0 Å². The van der Waals surface area contributed by atoms with Gasteiger partial charge in [0.25, 0.3) is 0 Å². The highest BCUT2D eigenvalue weighted by atomic mass is 16.5. The lowest BCUT2D eigenvalue weighted by Crippen LogP contribution is -2.48. The minimum absolute atomic E-state index is 0.00121. The van der Waals surface area contributed by atoms with Crippen molar-refractivity contribution in [2.75, 3.05) is 0 Å². The summed E-state index contributed by atoms with van der Waals surface area (Å²) in [4.78, 5) is 24.1. The summed E-state index contributed by atoms with van der Waals surface area (Å²) in [5.41, 5.74) is 2.13. The average molecular weight is 287 g/mol. The van der Waals surface area contributed by atoms with E-state index < -0.39 is 0 Å². The van der Waals surface area contributed by atoms with Crippen molar-refractivity contribution in [2.24, 2.45) is 5.92 Å². The van der Waals surface area contributed by atoms with E-state index in [-0.39, 0.29) is 35.9 Å². The zero-order valence-corrected chi connectivity index (χ0v) is 12.5. The Labute approximate surface area is 124 Å². The molecule has 112 valence electrons. The van der Waals surface area contributed by atoms with Gasteiger partial charge in [0.1, 0.15) is 0 Å². The fraction of sp³-hybridized carbons (Fsp3) is 0.529. The fourth-order valence-corrected chi connectivity index (χ4v) is 3.46. The van der Waals surface area contributed by atoms with Crippen molar-refractivity contribution in [1.29, 1.82) is 0 Å². The molecule has 0 bridgehead atoms. The van der Waals surface area contributed by atoms with Crippen LogP contribution in [0.3, 0.4) is 0 Å². The van der Waals surface area contributed by atoms with Crippen molar-refractivity contribution in [3.05, 3.63) is 35.4 Å². The number of hydrogen-bond acceptors (Lipinski definition) is 3. The first kappa shape index (κ1) is 14.3. The van der Waals surface area contributed by atoms with Gasteiger partial charge in [0.05, 0.1) is 18.1 Å². The van der Waals surface area contributed by atoms with Gasteiger partial charge < -0.3 is 4.74 Å². The molecule has 1 aromatic carbocycles. The van der Waals surface area contributed by atoms with Gasteiger partial charge in [0.2, 0.25) is 11.8 Å². The molecule has 0 aliphatic carbocycles. The van der Waals surface area contributed by atoms with Gasteiger partial charge in [-0.05, 0) is 32.3 Å². The Morgan fingerprint density at radius 1 is 1.14 bits per heavy atom. The van der Waals surface area contributed by atoms with Crippen LogP contribution in [0, 0.1) is 12.8 Å². The van der Waals surface area contributed by atoms with Gasteiger partial charge in [0, 0.05) is 12.3 Å². The molecule has 4 atom stereocenters. The molecule has 1 aromatic rings. The molecule has 1 N–H and O–H groups in total. The first-order valence-electron chi connectivity index (χ1n) is 7.60. The molecule has 2 heterocycles. The Kier molecular flexibility index (Phi) is 3.81. The molecule has 0 saturated carbocycles. The number of aryl methyl sites for hydroxylation is 1. The zero-order chi connectivity index (χ0) is 15.0. The Morgan fingerprint density at radius 3 is 2.48 bits per heavy atom. The van der Waals surface area contributed by atoms with Crippen LogP contribution in [0.2, 0.25) is 0 Å². The summed E-state index contributed by atoms with van der Waals surface area (Å²) < 4.78 is 5.94. The Balaban J connectivity index is 1.91. The van der Waals surface area contributed by atoms with Gasteiger partial charge in [-0.1, -0.05) is 29.8 Å². The van der Waals surface area contributed by atoms with Crippen LogP contribution in [-0.4, -0.2) is 24.0 Å². The first-order chi connectivity index (χ1) is 10.0. The van der Waals surface area contributed by atoms with E-state index in [1.807, 2.05) is 38.1 Å². The van der Waals surface area contributed by atoms with E-state index in [0.717, 1.165) is 24.0 Å². The highest BCUT2D eigenvalue weighted by Crippen LogP contribution is 2.39. The number of amides is 2.